The van der Waals surface area contributed by atoms with Gasteiger partial charge in [0.05, 0.1) is 0 Å². The Morgan fingerprint density at radius 2 is 2.03 bits per heavy atom. The van der Waals surface area contributed by atoms with Crippen molar-refractivity contribution < 1.29 is 24.1 Å². The molecule has 32 heavy (non-hydrogen) atoms. The number of aliphatic carboxylic acids is 1. The summed E-state index contributed by atoms with van der Waals surface area (Å²) in [5.74, 6) is -1.89. The van der Waals surface area contributed by atoms with Gasteiger partial charge in [0.2, 0.25) is 5.79 Å². The molecule has 3 N–H and O–H groups in total. The van der Waals surface area contributed by atoms with Gasteiger partial charge in [0.15, 0.2) is 0 Å². The molecule has 1 aromatic carbocycles. The van der Waals surface area contributed by atoms with Crippen LogP contribution in [0.4, 0.5) is 0 Å². The maximum Gasteiger partial charge on any atom is 0.329 e. The number of methoxy groups -OCH3 is 2. The predicted molar refractivity (Wildman–Crippen MR) is 122 cm³/mol. The molecule has 0 radical (unpaired) electrons. The van der Waals surface area contributed by atoms with Crippen molar-refractivity contribution in [2.45, 2.75) is 56.6 Å². The molecule has 2 aliphatic heterocycles. The molecule has 0 aromatic heterocycles. The van der Waals surface area contributed by atoms with Crippen molar-refractivity contribution >= 4 is 5.97 Å². The Kier molecular flexibility index (Phi) is 6.56. The van der Waals surface area contributed by atoms with E-state index < -0.39 is 24.5 Å². The first-order valence-electron chi connectivity index (χ1n) is 11.2. The number of piperidine rings is 2. The summed E-state index contributed by atoms with van der Waals surface area (Å²) in [6, 6.07) is 6.83. The van der Waals surface area contributed by atoms with Gasteiger partial charge in [-0.15, -0.1) is 0 Å². The van der Waals surface area contributed by atoms with E-state index in [2.05, 4.69) is 36.9 Å². The second-order valence-corrected chi connectivity index (χ2v) is 9.17. The average molecular weight is 443 g/mol. The van der Waals surface area contributed by atoms with E-state index >= 15 is 0 Å². The van der Waals surface area contributed by atoms with Crippen molar-refractivity contribution in [3.63, 3.8) is 0 Å². The number of fused-ring (bicyclic) bond motifs is 3. The molecule has 2 heterocycles. The summed E-state index contributed by atoms with van der Waals surface area (Å²) in [6.07, 6.45) is 5.04. The lowest BCUT2D eigenvalue weighted by Gasteiger charge is -2.50. The van der Waals surface area contributed by atoms with Crippen LogP contribution in [0.3, 0.4) is 0 Å². The van der Waals surface area contributed by atoms with E-state index in [4.69, 9.17) is 25.1 Å². The monoisotopic (exact) mass is 442 g/mol. The normalized spacial score (nSPS) is 29.5. The van der Waals surface area contributed by atoms with Gasteiger partial charge in [0, 0.05) is 45.3 Å². The third-order valence-electron chi connectivity index (χ3n) is 7.25. The van der Waals surface area contributed by atoms with E-state index in [0.717, 1.165) is 31.5 Å². The first-order chi connectivity index (χ1) is 15.3. The molecular weight excluding hydrogens is 408 g/mol. The second kappa shape index (κ2) is 9.08. The van der Waals surface area contributed by atoms with E-state index in [-0.39, 0.29) is 12.1 Å². The van der Waals surface area contributed by atoms with Crippen molar-refractivity contribution in [3.8, 4) is 0 Å². The molecule has 0 amide bonds. The highest BCUT2D eigenvalue weighted by Crippen LogP contribution is 2.43. The van der Waals surface area contributed by atoms with Crippen molar-refractivity contribution in [2.24, 2.45) is 5.73 Å². The molecule has 4 rings (SSSR count). The van der Waals surface area contributed by atoms with Crippen LogP contribution in [0.2, 0.25) is 0 Å². The summed E-state index contributed by atoms with van der Waals surface area (Å²) < 4.78 is 17.1. The molecule has 2 saturated heterocycles. The Morgan fingerprint density at radius 3 is 2.72 bits per heavy atom. The predicted octanol–water partition coefficient (Wildman–Crippen LogP) is 2.52. The van der Waals surface area contributed by atoms with Crippen LogP contribution in [0.15, 0.2) is 41.5 Å². The molecule has 0 saturated carbocycles. The fourth-order valence-electron chi connectivity index (χ4n) is 5.49. The molecule has 7 nitrogen and oxygen atoms in total. The van der Waals surface area contributed by atoms with Gasteiger partial charge in [-0.3, -0.25) is 4.90 Å². The number of carboxylic acids is 1. The van der Waals surface area contributed by atoms with Gasteiger partial charge < -0.3 is 25.1 Å². The van der Waals surface area contributed by atoms with Crippen molar-refractivity contribution in [3.05, 3.63) is 58.2 Å². The lowest BCUT2D eigenvalue weighted by molar-refractivity contribution is -0.228. The summed E-state index contributed by atoms with van der Waals surface area (Å²) in [5, 5.41) is 9.07. The molecule has 1 unspecified atom stereocenters. The quantitative estimate of drug-likeness (QED) is 0.654. The number of nitrogens with zero attached hydrogens (tertiary/aromatic N) is 1. The molecule has 0 spiro atoms. The Labute approximate surface area is 189 Å². The number of carboxylic acid groups (broad SMARTS) is 1. The van der Waals surface area contributed by atoms with Gasteiger partial charge in [0.25, 0.3) is 0 Å². The minimum absolute atomic E-state index is 0.0393. The summed E-state index contributed by atoms with van der Waals surface area (Å²) in [6.45, 7) is 5.72. The molecule has 174 valence electrons. The van der Waals surface area contributed by atoms with Crippen LogP contribution in [0.5, 0.6) is 0 Å². The Hall–Kier alpha value is -2.03. The van der Waals surface area contributed by atoms with Crippen LogP contribution in [-0.2, 0) is 19.0 Å². The fraction of sp³-hybridized carbons (Fsp3) is 0.560. The minimum atomic E-state index is -1.16. The van der Waals surface area contributed by atoms with Crippen LogP contribution in [-0.4, -0.2) is 73.9 Å². The molecule has 4 atom stereocenters. The zero-order chi connectivity index (χ0) is 23.0. The van der Waals surface area contributed by atoms with Crippen LogP contribution in [0, 0.1) is 13.8 Å². The smallest absolute Gasteiger partial charge is 0.329 e. The van der Waals surface area contributed by atoms with Crippen LogP contribution in [0.1, 0.15) is 35.4 Å². The average Bonchev–Trinajstić information content (AvgIpc) is 2.78. The largest absolute Gasteiger partial charge is 0.480 e. The second-order valence-electron chi connectivity index (χ2n) is 9.17. The zero-order valence-corrected chi connectivity index (χ0v) is 19.3. The van der Waals surface area contributed by atoms with Gasteiger partial charge in [0.1, 0.15) is 12.7 Å². The lowest BCUT2D eigenvalue weighted by Crippen LogP contribution is -2.56. The van der Waals surface area contributed by atoms with Crippen LogP contribution in [0.25, 0.3) is 0 Å². The minimum Gasteiger partial charge on any atom is -0.480 e. The highest BCUT2D eigenvalue weighted by molar-refractivity contribution is 5.68. The summed E-state index contributed by atoms with van der Waals surface area (Å²) in [4.78, 5) is 13.6. The molecular formula is C25H34N2O5. The SMILES string of the molecule is COC1(OC)C=C2C(=CC1OCC(=O)O)CCN1C[C@@H](c3cc(C)ccc3C)[C@H](N)C[C@H]21. The maximum atomic E-state index is 11.1. The van der Waals surface area contributed by atoms with E-state index in [9.17, 15) is 4.79 Å². The third kappa shape index (κ3) is 4.16. The number of hydrogen-bond donors (Lipinski definition) is 2. The number of nitrogens with two attached hydrogens (primary N) is 1. The Morgan fingerprint density at radius 1 is 1.28 bits per heavy atom. The third-order valence-corrected chi connectivity index (χ3v) is 7.25. The van der Waals surface area contributed by atoms with E-state index in [1.807, 2.05) is 12.2 Å². The van der Waals surface area contributed by atoms with Gasteiger partial charge in [-0.05, 0) is 61.1 Å². The van der Waals surface area contributed by atoms with E-state index in [1.54, 1.807) is 14.2 Å². The molecule has 3 aliphatic rings. The lowest BCUT2D eigenvalue weighted by atomic mass is 9.74. The van der Waals surface area contributed by atoms with Gasteiger partial charge >= 0.3 is 5.97 Å². The molecule has 0 bridgehead atoms. The molecule has 1 aliphatic carbocycles. The standard InChI is InChI=1S/C25H34N2O5/c1-15-5-6-16(2)18(9-15)20-13-27-8-7-17-10-23(32-14-24(28)29)25(30-3,31-4)12-19(17)22(27)11-21(20)26/h5-6,9-10,12,20-23H,7-8,11,13-14,26H2,1-4H3,(H,28,29)/t20-,21+,22+,23?/m0/s1. The zero-order valence-electron chi connectivity index (χ0n) is 19.3. The van der Waals surface area contributed by atoms with Crippen molar-refractivity contribution in [2.75, 3.05) is 33.9 Å². The van der Waals surface area contributed by atoms with Gasteiger partial charge in [-0.25, -0.2) is 4.79 Å². The number of hydrogen-bond acceptors (Lipinski definition) is 6. The van der Waals surface area contributed by atoms with E-state index in [1.165, 1.54) is 22.3 Å². The van der Waals surface area contributed by atoms with Crippen LogP contribution < -0.4 is 5.73 Å². The van der Waals surface area contributed by atoms with E-state index in [0.29, 0.717) is 5.92 Å². The van der Waals surface area contributed by atoms with Crippen molar-refractivity contribution in [1.29, 1.82) is 0 Å². The number of aryl methyl sites for hydroxylation is 2. The highest BCUT2D eigenvalue weighted by Gasteiger charge is 2.47. The summed E-state index contributed by atoms with van der Waals surface area (Å²) in [7, 11) is 3.11. The van der Waals surface area contributed by atoms with Gasteiger partial charge in [-0.2, -0.15) is 0 Å². The van der Waals surface area contributed by atoms with Gasteiger partial charge in [-0.1, -0.05) is 23.8 Å². The Balaban J connectivity index is 1.62. The number of rotatable bonds is 6. The first kappa shape index (κ1) is 23.1. The van der Waals surface area contributed by atoms with Crippen molar-refractivity contribution in [1.82, 2.24) is 4.90 Å². The molecule has 2 fully saturated rings. The summed E-state index contributed by atoms with van der Waals surface area (Å²) >= 11 is 0. The topological polar surface area (TPSA) is 94.2 Å². The fourth-order valence-corrected chi connectivity index (χ4v) is 5.49. The molecule has 7 heteroatoms. The number of benzene rings is 1. The van der Waals surface area contributed by atoms with Crippen LogP contribution >= 0.6 is 0 Å². The summed E-state index contributed by atoms with van der Waals surface area (Å²) in [5.41, 5.74) is 13.0. The number of ether oxygens (including phenoxy) is 3. The highest BCUT2D eigenvalue weighted by atomic mass is 16.7. The number of carbonyl (C=O) groups is 1. The first-order valence-corrected chi connectivity index (χ1v) is 11.2. The maximum absolute atomic E-state index is 11.1. The Bertz CT molecular complexity index is 936. The molecule has 1 aromatic rings.